The highest BCUT2D eigenvalue weighted by molar-refractivity contribution is 5.34. The van der Waals surface area contributed by atoms with Crippen molar-refractivity contribution in [3.05, 3.63) is 35.9 Å². The second-order valence-electron chi connectivity index (χ2n) is 5.14. The first kappa shape index (κ1) is 13.5. The van der Waals surface area contributed by atoms with Crippen LogP contribution in [-0.4, -0.2) is 50.8 Å². The van der Waals surface area contributed by atoms with Gasteiger partial charge in [0.2, 0.25) is 5.95 Å². The van der Waals surface area contributed by atoms with E-state index in [0.717, 1.165) is 32.7 Å². The number of anilines is 1. The highest BCUT2D eigenvalue weighted by Gasteiger charge is 2.19. The third kappa shape index (κ3) is 3.17. The van der Waals surface area contributed by atoms with Gasteiger partial charge in [-0.3, -0.25) is 9.58 Å². The monoisotopic (exact) mass is 283 g/mol. The Bertz CT molecular complexity index is 649. The molecule has 0 aromatic carbocycles. The molecule has 0 unspecified atom stereocenters. The smallest absolute Gasteiger partial charge is 0.226 e. The highest BCUT2D eigenvalue weighted by Crippen LogP contribution is 2.13. The molecule has 3 heterocycles. The van der Waals surface area contributed by atoms with Crippen LogP contribution in [0.4, 0.5) is 5.95 Å². The third-order valence-electron chi connectivity index (χ3n) is 3.58. The molecule has 0 amide bonds. The largest absolute Gasteiger partial charge is 0.338 e. The molecule has 1 saturated heterocycles. The maximum absolute atomic E-state index is 8.89. The van der Waals surface area contributed by atoms with Gasteiger partial charge in [0, 0.05) is 57.7 Å². The number of nitriles is 1. The van der Waals surface area contributed by atoms with Gasteiger partial charge in [-0.15, -0.1) is 0 Å². The van der Waals surface area contributed by atoms with E-state index >= 15 is 0 Å². The molecule has 0 atom stereocenters. The fourth-order valence-corrected chi connectivity index (χ4v) is 2.48. The lowest BCUT2D eigenvalue weighted by atomic mass is 10.2. The minimum absolute atomic E-state index is 0.415. The fraction of sp³-hybridized carbons (Fsp3) is 0.429. The van der Waals surface area contributed by atoms with E-state index in [1.54, 1.807) is 12.3 Å². The van der Waals surface area contributed by atoms with Crippen molar-refractivity contribution in [2.24, 2.45) is 7.05 Å². The minimum atomic E-state index is 0.415. The summed E-state index contributed by atoms with van der Waals surface area (Å²) in [5.74, 6) is 0.648. The van der Waals surface area contributed by atoms with Gasteiger partial charge in [0.15, 0.2) is 0 Å². The highest BCUT2D eigenvalue weighted by atomic mass is 15.3. The first-order valence-corrected chi connectivity index (χ1v) is 6.92. The summed E-state index contributed by atoms with van der Waals surface area (Å²) in [6.07, 6.45) is 5.60. The van der Waals surface area contributed by atoms with Crippen molar-refractivity contribution in [1.82, 2.24) is 24.6 Å². The zero-order chi connectivity index (χ0) is 14.7. The summed E-state index contributed by atoms with van der Waals surface area (Å²) in [4.78, 5) is 13.0. The molecule has 21 heavy (non-hydrogen) atoms. The van der Waals surface area contributed by atoms with Crippen molar-refractivity contribution >= 4 is 5.95 Å². The quantitative estimate of drug-likeness (QED) is 0.812. The molecule has 1 fully saturated rings. The summed E-state index contributed by atoms with van der Waals surface area (Å²) in [5.41, 5.74) is 1.64. The number of hydrogen-bond acceptors (Lipinski definition) is 6. The Labute approximate surface area is 123 Å². The van der Waals surface area contributed by atoms with Crippen molar-refractivity contribution in [3.8, 4) is 6.07 Å². The standard InChI is InChI=1S/C14H17N7/c1-19-10-12(9-17-19)11-20-4-6-21(7-5-20)14-16-3-2-13(8-15)18-14/h2-3,9-10H,4-7,11H2,1H3. The Hall–Kier alpha value is -2.46. The molecule has 2 aromatic heterocycles. The maximum atomic E-state index is 8.89. The molecular weight excluding hydrogens is 266 g/mol. The number of aromatic nitrogens is 4. The Kier molecular flexibility index (Phi) is 3.79. The molecule has 0 bridgehead atoms. The normalized spacial score (nSPS) is 15.9. The summed E-state index contributed by atoms with van der Waals surface area (Å²) >= 11 is 0. The minimum Gasteiger partial charge on any atom is -0.338 e. The molecule has 1 aliphatic rings. The van der Waals surface area contributed by atoms with Crippen molar-refractivity contribution < 1.29 is 0 Å². The van der Waals surface area contributed by atoms with Gasteiger partial charge in [-0.05, 0) is 6.07 Å². The van der Waals surface area contributed by atoms with E-state index in [0.29, 0.717) is 11.6 Å². The molecule has 0 radical (unpaired) electrons. The van der Waals surface area contributed by atoms with E-state index in [1.165, 1.54) is 5.56 Å². The molecule has 0 saturated carbocycles. The Balaban J connectivity index is 1.58. The van der Waals surface area contributed by atoms with Gasteiger partial charge < -0.3 is 4.90 Å². The summed E-state index contributed by atoms with van der Waals surface area (Å²) in [5, 5.41) is 13.1. The van der Waals surface area contributed by atoms with Gasteiger partial charge in [0.1, 0.15) is 11.8 Å². The van der Waals surface area contributed by atoms with Crippen LogP contribution < -0.4 is 4.90 Å². The van der Waals surface area contributed by atoms with E-state index in [-0.39, 0.29) is 0 Å². The van der Waals surface area contributed by atoms with Crippen molar-refractivity contribution in [1.29, 1.82) is 5.26 Å². The van der Waals surface area contributed by atoms with Gasteiger partial charge >= 0.3 is 0 Å². The molecule has 7 heteroatoms. The Morgan fingerprint density at radius 1 is 1.29 bits per heavy atom. The molecular formula is C14H17N7. The lowest BCUT2D eigenvalue weighted by Gasteiger charge is -2.34. The van der Waals surface area contributed by atoms with E-state index in [1.807, 2.05) is 24.1 Å². The summed E-state index contributed by atoms with van der Waals surface area (Å²) in [6, 6.07) is 3.68. The van der Waals surface area contributed by atoms with Crippen LogP contribution in [0.3, 0.4) is 0 Å². The van der Waals surface area contributed by atoms with Crippen LogP contribution in [0.1, 0.15) is 11.3 Å². The van der Waals surface area contributed by atoms with E-state index in [9.17, 15) is 0 Å². The van der Waals surface area contributed by atoms with E-state index < -0.39 is 0 Å². The van der Waals surface area contributed by atoms with Crippen LogP contribution in [0.2, 0.25) is 0 Å². The second kappa shape index (κ2) is 5.89. The first-order valence-electron chi connectivity index (χ1n) is 6.92. The number of hydrogen-bond donors (Lipinski definition) is 0. The predicted octanol–water partition coefficient (Wildman–Crippen LogP) is 0.404. The van der Waals surface area contributed by atoms with E-state index in [2.05, 4.69) is 30.9 Å². The number of rotatable bonds is 3. The van der Waals surface area contributed by atoms with E-state index in [4.69, 9.17) is 5.26 Å². The fourth-order valence-electron chi connectivity index (χ4n) is 2.48. The molecule has 7 nitrogen and oxygen atoms in total. The Morgan fingerprint density at radius 2 is 2.10 bits per heavy atom. The lowest BCUT2D eigenvalue weighted by Crippen LogP contribution is -2.46. The second-order valence-corrected chi connectivity index (χ2v) is 5.14. The molecule has 2 aromatic rings. The zero-order valence-corrected chi connectivity index (χ0v) is 12.0. The maximum Gasteiger partial charge on any atom is 0.226 e. The topological polar surface area (TPSA) is 73.9 Å². The van der Waals surface area contributed by atoms with Crippen LogP contribution in [0, 0.1) is 11.3 Å². The van der Waals surface area contributed by atoms with Crippen LogP contribution in [0.5, 0.6) is 0 Å². The SMILES string of the molecule is Cn1cc(CN2CCN(c3nccc(C#N)n3)CC2)cn1. The number of nitrogens with zero attached hydrogens (tertiary/aromatic N) is 7. The van der Waals surface area contributed by atoms with Gasteiger partial charge in [0.25, 0.3) is 0 Å². The average molecular weight is 283 g/mol. The molecule has 108 valence electrons. The van der Waals surface area contributed by atoms with Crippen LogP contribution >= 0.6 is 0 Å². The third-order valence-corrected chi connectivity index (χ3v) is 3.58. The van der Waals surface area contributed by atoms with Crippen LogP contribution in [0.15, 0.2) is 24.7 Å². The Morgan fingerprint density at radius 3 is 2.76 bits per heavy atom. The summed E-state index contributed by atoms with van der Waals surface area (Å²) in [6.45, 7) is 4.56. The molecule has 0 N–H and O–H groups in total. The number of aryl methyl sites for hydroxylation is 1. The molecule has 3 rings (SSSR count). The van der Waals surface area contributed by atoms with Crippen molar-refractivity contribution in [2.75, 3.05) is 31.1 Å². The van der Waals surface area contributed by atoms with Crippen molar-refractivity contribution in [2.45, 2.75) is 6.54 Å². The van der Waals surface area contributed by atoms with Gasteiger partial charge in [0.05, 0.1) is 6.20 Å². The zero-order valence-electron chi connectivity index (χ0n) is 12.0. The first-order chi connectivity index (χ1) is 10.2. The van der Waals surface area contributed by atoms with Gasteiger partial charge in [-0.25, -0.2) is 9.97 Å². The van der Waals surface area contributed by atoms with Crippen LogP contribution in [0.25, 0.3) is 0 Å². The van der Waals surface area contributed by atoms with Gasteiger partial charge in [-0.1, -0.05) is 0 Å². The summed E-state index contributed by atoms with van der Waals surface area (Å²) < 4.78 is 1.83. The molecule has 0 spiro atoms. The molecule has 0 aliphatic carbocycles. The average Bonchev–Trinajstić information content (AvgIpc) is 2.93. The number of piperazine rings is 1. The summed E-state index contributed by atoms with van der Waals surface area (Å²) in [7, 11) is 1.93. The lowest BCUT2D eigenvalue weighted by molar-refractivity contribution is 0.248. The predicted molar refractivity (Wildman–Crippen MR) is 77.4 cm³/mol. The van der Waals surface area contributed by atoms with Crippen LogP contribution in [-0.2, 0) is 13.6 Å². The van der Waals surface area contributed by atoms with Gasteiger partial charge in [-0.2, -0.15) is 10.4 Å². The molecule has 1 aliphatic heterocycles. The van der Waals surface area contributed by atoms with Crippen molar-refractivity contribution in [3.63, 3.8) is 0 Å².